The molecule has 1 aliphatic rings. The molecular weight excluding hydrogens is 456 g/mol. The van der Waals surface area contributed by atoms with Crippen molar-refractivity contribution in [3.05, 3.63) is 125 Å². The summed E-state index contributed by atoms with van der Waals surface area (Å²) >= 11 is 3.13. The second-order valence-corrected chi connectivity index (χ2v) is 9.96. The molecule has 5 heteroatoms. The van der Waals surface area contributed by atoms with Gasteiger partial charge in [0.2, 0.25) is 0 Å². The Morgan fingerprint density at radius 2 is 1.35 bits per heavy atom. The van der Waals surface area contributed by atoms with E-state index in [4.69, 9.17) is 4.99 Å². The van der Waals surface area contributed by atoms with Crippen molar-refractivity contribution in [1.82, 2.24) is 0 Å². The standard InChI is InChI=1S/C29H22N2OS2/c1-21-12-16-25(17-13-21)33-26-18-14-22(15-19-26)20-27-28(32)31(24-10-6-3-7-11-24)29(34-27)30-23-8-4-2-5-9-23/h2-20H,1H3/b27-20-,30-29?. The molecule has 1 aliphatic heterocycles. The van der Waals surface area contributed by atoms with E-state index in [2.05, 4.69) is 55.5 Å². The number of hydrogen-bond donors (Lipinski definition) is 0. The first kappa shape index (κ1) is 22.3. The third-order valence-corrected chi connectivity index (χ3v) is 7.22. The summed E-state index contributed by atoms with van der Waals surface area (Å²) in [4.78, 5) is 22.9. The lowest BCUT2D eigenvalue weighted by atomic mass is 10.2. The fourth-order valence-electron chi connectivity index (χ4n) is 3.49. The van der Waals surface area contributed by atoms with Crippen molar-refractivity contribution in [2.75, 3.05) is 4.90 Å². The maximum absolute atomic E-state index is 13.4. The minimum absolute atomic E-state index is 0.0658. The average molecular weight is 479 g/mol. The van der Waals surface area contributed by atoms with Gasteiger partial charge in [-0.1, -0.05) is 78.0 Å². The highest BCUT2D eigenvalue weighted by Crippen LogP contribution is 2.37. The lowest BCUT2D eigenvalue weighted by Crippen LogP contribution is -2.28. The van der Waals surface area contributed by atoms with Crippen LogP contribution in [-0.2, 0) is 4.79 Å². The van der Waals surface area contributed by atoms with Crippen molar-refractivity contribution in [2.24, 2.45) is 4.99 Å². The predicted molar refractivity (Wildman–Crippen MR) is 145 cm³/mol. The number of benzene rings is 4. The lowest BCUT2D eigenvalue weighted by Gasteiger charge is -2.15. The molecular formula is C29H22N2OS2. The van der Waals surface area contributed by atoms with Gasteiger partial charge in [-0.25, -0.2) is 4.99 Å². The molecule has 5 rings (SSSR count). The van der Waals surface area contributed by atoms with E-state index < -0.39 is 0 Å². The van der Waals surface area contributed by atoms with Gasteiger partial charge in [-0.3, -0.25) is 9.69 Å². The van der Waals surface area contributed by atoms with Gasteiger partial charge >= 0.3 is 0 Å². The highest BCUT2D eigenvalue weighted by molar-refractivity contribution is 8.19. The number of thioether (sulfide) groups is 1. The molecule has 0 unspecified atom stereocenters. The molecule has 166 valence electrons. The monoisotopic (exact) mass is 478 g/mol. The molecule has 4 aromatic carbocycles. The van der Waals surface area contributed by atoms with Crippen LogP contribution in [0.2, 0.25) is 0 Å². The van der Waals surface area contributed by atoms with Gasteiger partial charge in [-0.05, 0) is 78.9 Å². The van der Waals surface area contributed by atoms with Crippen molar-refractivity contribution < 1.29 is 4.79 Å². The molecule has 1 amide bonds. The van der Waals surface area contributed by atoms with Crippen LogP contribution in [0.1, 0.15) is 11.1 Å². The summed E-state index contributed by atoms with van der Waals surface area (Å²) in [6.07, 6.45) is 1.94. The zero-order valence-corrected chi connectivity index (χ0v) is 20.2. The minimum atomic E-state index is -0.0658. The fraction of sp³-hybridized carbons (Fsp3) is 0.0345. The van der Waals surface area contributed by atoms with Crippen LogP contribution in [0, 0.1) is 6.92 Å². The van der Waals surface area contributed by atoms with Crippen LogP contribution < -0.4 is 4.90 Å². The van der Waals surface area contributed by atoms with E-state index in [0.717, 1.165) is 21.8 Å². The minimum Gasteiger partial charge on any atom is -0.268 e. The Kier molecular flexibility index (Phi) is 6.65. The van der Waals surface area contributed by atoms with Gasteiger partial charge in [-0.15, -0.1) is 0 Å². The van der Waals surface area contributed by atoms with Gasteiger partial charge in [0.25, 0.3) is 5.91 Å². The first-order valence-electron chi connectivity index (χ1n) is 10.9. The second-order valence-electron chi connectivity index (χ2n) is 7.80. The van der Waals surface area contributed by atoms with Gasteiger partial charge in [0, 0.05) is 9.79 Å². The van der Waals surface area contributed by atoms with Gasteiger partial charge < -0.3 is 0 Å². The van der Waals surface area contributed by atoms with Crippen LogP contribution in [0.5, 0.6) is 0 Å². The molecule has 0 saturated carbocycles. The first-order valence-corrected chi connectivity index (χ1v) is 12.6. The third kappa shape index (κ3) is 5.16. The molecule has 4 aromatic rings. The third-order valence-electron chi connectivity index (χ3n) is 5.24. The quantitative estimate of drug-likeness (QED) is 0.273. The van der Waals surface area contributed by atoms with Crippen LogP contribution >= 0.6 is 23.5 Å². The van der Waals surface area contributed by atoms with Crippen LogP contribution in [0.4, 0.5) is 11.4 Å². The molecule has 0 radical (unpaired) electrons. The molecule has 3 nitrogen and oxygen atoms in total. The Morgan fingerprint density at radius 3 is 2.00 bits per heavy atom. The maximum atomic E-state index is 13.4. The van der Waals surface area contributed by atoms with Crippen LogP contribution in [0.15, 0.2) is 129 Å². The van der Waals surface area contributed by atoms with E-state index in [1.807, 2.05) is 66.7 Å². The molecule has 0 aromatic heterocycles. The summed E-state index contributed by atoms with van der Waals surface area (Å²) in [6, 6.07) is 36.2. The number of nitrogens with zero attached hydrogens (tertiary/aromatic N) is 2. The number of hydrogen-bond acceptors (Lipinski definition) is 4. The van der Waals surface area contributed by atoms with Gasteiger partial charge in [0.05, 0.1) is 16.3 Å². The molecule has 1 fully saturated rings. The van der Waals surface area contributed by atoms with Crippen molar-refractivity contribution >= 4 is 52.0 Å². The molecule has 1 saturated heterocycles. The predicted octanol–water partition coefficient (Wildman–Crippen LogP) is 7.95. The molecule has 0 aliphatic carbocycles. The smallest absolute Gasteiger partial charge is 0.268 e. The summed E-state index contributed by atoms with van der Waals surface area (Å²) in [5.74, 6) is -0.0658. The summed E-state index contributed by atoms with van der Waals surface area (Å²) in [6.45, 7) is 2.09. The zero-order valence-electron chi connectivity index (χ0n) is 18.6. The number of amidine groups is 1. The Balaban J connectivity index is 1.41. The van der Waals surface area contributed by atoms with Crippen LogP contribution in [0.3, 0.4) is 0 Å². The van der Waals surface area contributed by atoms with Gasteiger partial charge in [0.15, 0.2) is 5.17 Å². The van der Waals surface area contributed by atoms with E-state index in [0.29, 0.717) is 10.1 Å². The van der Waals surface area contributed by atoms with E-state index >= 15 is 0 Å². The fourth-order valence-corrected chi connectivity index (χ4v) is 5.31. The van der Waals surface area contributed by atoms with Crippen LogP contribution in [0.25, 0.3) is 6.08 Å². The number of carbonyl (C=O) groups excluding carboxylic acids is 1. The zero-order chi connectivity index (χ0) is 23.3. The number of aliphatic imine (C=N–C) groups is 1. The number of amides is 1. The maximum Gasteiger partial charge on any atom is 0.271 e. The van der Waals surface area contributed by atoms with Crippen molar-refractivity contribution in [1.29, 1.82) is 0 Å². The Labute approximate surface area is 208 Å². The summed E-state index contributed by atoms with van der Waals surface area (Å²) < 4.78 is 0. The Morgan fingerprint density at radius 1 is 0.765 bits per heavy atom. The largest absolute Gasteiger partial charge is 0.271 e. The molecule has 0 spiro atoms. The summed E-state index contributed by atoms with van der Waals surface area (Å²) in [5, 5.41) is 0.653. The molecule has 34 heavy (non-hydrogen) atoms. The van der Waals surface area contributed by atoms with E-state index in [1.54, 1.807) is 16.7 Å². The number of carbonyl (C=O) groups is 1. The van der Waals surface area contributed by atoms with Crippen LogP contribution in [-0.4, -0.2) is 11.1 Å². The van der Waals surface area contributed by atoms with Gasteiger partial charge in [0.1, 0.15) is 0 Å². The summed E-state index contributed by atoms with van der Waals surface area (Å²) in [5.41, 5.74) is 3.86. The average Bonchev–Trinajstić information content (AvgIpc) is 3.17. The number of anilines is 1. The summed E-state index contributed by atoms with van der Waals surface area (Å²) in [7, 11) is 0. The Hall–Kier alpha value is -3.54. The lowest BCUT2D eigenvalue weighted by molar-refractivity contribution is -0.113. The van der Waals surface area contributed by atoms with Crippen molar-refractivity contribution in [2.45, 2.75) is 16.7 Å². The number of para-hydroxylation sites is 2. The first-order chi connectivity index (χ1) is 16.7. The number of aryl methyl sites for hydroxylation is 1. The topological polar surface area (TPSA) is 32.7 Å². The van der Waals surface area contributed by atoms with Crippen molar-refractivity contribution in [3.8, 4) is 0 Å². The SMILES string of the molecule is Cc1ccc(Sc2ccc(/C=C3\SC(=Nc4ccccc4)N(c4ccccc4)C3=O)cc2)cc1. The normalized spacial score (nSPS) is 15.9. The highest BCUT2D eigenvalue weighted by Gasteiger charge is 2.34. The molecule has 0 N–H and O–H groups in total. The highest BCUT2D eigenvalue weighted by atomic mass is 32.2. The van der Waals surface area contributed by atoms with E-state index in [1.165, 1.54) is 22.2 Å². The molecule has 0 bridgehead atoms. The molecule has 0 atom stereocenters. The van der Waals surface area contributed by atoms with E-state index in [-0.39, 0.29) is 5.91 Å². The van der Waals surface area contributed by atoms with Gasteiger partial charge in [-0.2, -0.15) is 0 Å². The van der Waals surface area contributed by atoms with Crippen molar-refractivity contribution in [3.63, 3.8) is 0 Å². The second kappa shape index (κ2) is 10.2. The molecule has 1 heterocycles. The Bertz CT molecular complexity index is 1350. The van der Waals surface area contributed by atoms with E-state index in [9.17, 15) is 4.79 Å². The number of rotatable bonds is 5.